The molecule has 1 fully saturated rings. The predicted molar refractivity (Wildman–Crippen MR) is 149 cm³/mol. The molecule has 0 aromatic heterocycles. The predicted octanol–water partition coefficient (Wildman–Crippen LogP) is 4.30. The number of methoxy groups -OCH3 is 2. The van der Waals surface area contributed by atoms with Gasteiger partial charge in [-0.05, 0) is 31.4 Å². The Kier molecular flexibility index (Phi) is 7.49. The van der Waals surface area contributed by atoms with E-state index in [1.54, 1.807) is 19.1 Å². The van der Waals surface area contributed by atoms with Gasteiger partial charge in [0.05, 0.1) is 31.2 Å². The van der Waals surface area contributed by atoms with Gasteiger partial charge in [0, 0.05) is 43.4 Å². The molecule has 7 nitrogen and oxygen atoms in total. The molecule has 0 spiro atoms. The molecular weight excluding hydrogens is 478 g/mol. The summed E-state index contributed by atoms with van der Waals surface area (Å²) < 4.78 is 11.2. The van der Waals surface area contributed by atoms with E-state index in [1.807, 2.05) is 67.6 Å². The smallest absolute Gasteiger partial charge is 0.254 e. The second kappa shape index (κ2) is 11.0. The van der Waals surface area contributed by atoms with Crippen LogP contribution in [-0.4, -0.2) is 67.1 Å². The van der Waals surface area contributed by atoms with Crippen molar-refractivity contribution >= 4 is 17.3 Å². The Morgan fingerprint density at radius 2 is 1.55 bits per heavy atom. The first-order valence-corrected chi connectivity index (χ1v) is 13.2. The van der Waals surface area contributed by atoms with Crippen LogP contribution in [0.2, 0.25) is 0 Å². The van der Waals surface area contributed by atoms with Crippen molar-refractivity contribution in [2.75, 3.05) is 38.8 Å². The highest BCUT2D eigenvalue weighted by atomic mass is 16.5. The Bertz CT molecular complexity index is 1300. The highest BCUT2D eigenvalue weighted by Crippen LogP contribution is 2.40. The van der Waals surface area contributed by atoms with E-state index >= 15 is 0 Å². The van der Waals surface area contributed by atoms with Crippen molar-refractivity contribution in [3.63, 3.8) is 0 Å². The van der Waals surface area contributed by atoms with Crippen LogP contribution >= 0.6 is 0 Å². The van der Waals surface area contributed by atoms with E-state index in [4.69, 9.17) is 14.5 Å². The fraction of sp³-hybridized carbons (Fsp3) is 0.355. The van der Waals surface area contributed by atoms with E-state index in [2.05, 4.69) is 17.0 Å². The average molecular weight is 514 g/mol. The van der Waals surface area contributed by atoms with Crippen molar-refractivity contribution in [2.45, 2.75) is 38.0 Å². The van der Waals surface area contributed by atoms with Crippen LogP contribution in [0.1, 0.15) is 36.5 Å². The molecule has 2 aliphatic rings. The average Bonchev–Trinajstić information content (AvgIpc) is 3.08. The van der Waals surface area contributed by atoms with Gasteiger partial charge in [0.1, 0.15) is 0 Å². The summed E-state index contributed by atoms with van der Waals surface area (Å²) in [4.78, 5) is 23.2. The number of likely N-dealkylation sites (tertiary alicyclic amines) is 1. The zero-order chi connectivity index (χ0) is 26.7. The summed E-state index contributed by atoms with van der Waals surface area (Å²) in [6.07, 6.45) is 0.921. The molecule has 198 valence electrons. The SMILES string of the molecule is CCN1C(=O)C(C2(O)CCN(Cc3ccccc3)CC2)N=C(c2ccccc2)c2cc(OC)c(OC)cc21. The maximum Gasteiger partial charge on any atom is 0.254 e. The standard InChI is InChI=1S/C31H35N3O4/c1-4-34-25-20-27(38-3)26(37-2)19-24(25)28(23-13-9-6-10-14-23)32-29(30(34)35)31(36)15-17-33(18-16-31)21-22-11-7-5-8-12-22/h5-14,19-20,29,36H,4,15-18,21H2,1-3H3. The molecule has 1 saturated heterocycles. The van der Waals surface area contributed by atoms with Gasteiger partial charge in [-0.15, -0.1) is 0 Å². The molecule has 1 atom stereocenters. The zero-order valence-electron chi connectivity index (χ0n) is 22.3. The van der Waals surface area contributed by atoms with E-state index in [1.165, 1.54) is 5.56 Å². The van der Waals surface area contributed by atoms with E-state index < -0.39 is 11.6 Å². The first-order valence-electron chi connectivity index (χ1n) is 13.2. The number of amides is 1. The first-order chi connectivity index (χ1) is 18.5. The number of carbonyl (C=O) groups is 1. The molecule has 0 aliphatic carbocycles. The minimum Gasteiger partial charge on any atom is -0.493 e. The second-order valence-corrected chi connectivity index (χ2v) is 9.92. The van der Waals surface area contributed by atoms with Crippen LogP contribution in [0.3, 0.4) is 0 Å². The molecule has 2 aliphatic heterocycles. The molecule has 5 rings (SSSR count). The fourth-order valence-corrected chi connectivity index (χ4v) is 5.52. The van der Waals surface area contributed by atoms with Crippen molar-refractivity contribution in [1.29, 1.82) is 0 Å². The molecule has 2 heterocycles. The number of aliphatic hydroxyl groups is 1. The quantitative estimate of drug-likeness (QED) is 0.510. The third-order valence-corrected chi connectivity index (χ3v) is 7.65. The second-order valence-electron chi connectivity index (χ2n) is 9.92. The van der Waals surface area contributed by atoms with Crippen molar-refractivity contribution < 1.29 is 19.4 Å². The molecule has 0 radical (unpaired) electrons. The van der Waals surface area contributed by atoms with Gasteiger partial charge in [-0.2, -0.15) is 0 Å². The molecule has 38 heavy (non-hydrogen) atoms. The summed E-state index contributed by atoms with van der Waals surface area (Å²) in [5, 5.41) is 12.0. The topological polar surface area (TPSA) is 74.6 Å². The number of ether oxygens (including phenoxy) is 2. The number of hydrogen-bond donors (Lipinski definition) is 1. The molecule has 1 unspecified atom stereocenters. The number of benzodiazepines with no additional fused rings is 1. The van der Waals surface area contributed by atoms with Crippen LogP contribution in [0.15, 0.2) is 77.8 Å². The van der Waals surface area contributed by atoms with E-state index in [-0.39, 0.29) is 5.91 Å². The lowest BCUT2D eigenvalue weighted by Crippen LogP contribution is -2.56. The van der Waals surface area contributed by atoms with Gasteiger partial charge in [0.25, 0.3) is 5.91 Å². The molecule has 3 aromatic carbocycles. The van der Waals surface area contributed by atoms with Crippen molar-refractivity contribution in [3.8, 4) is 11.5 Å². The summed E-state index contributed by atoms with van der Waals surface area (Å²) in [7, 11) is 3.18. The highest BCUT2D eigenvalue weighted by molar-refractivity contribution is 6.20. The molecule has 1 amide bonds. The number of rotatable bonds is 7. The number of fused-ring (bicyclic) bond motifs is 1. The first kappa shape index (κ1) is 25.9. The van der Waals surface area contributed by atoms with Gasteiger partial charge in [-0.25, -0.2) is 0 Å². The van der Waals surface area contributed by atoms with Gasteiger partial charge in [-0.1, -0.05) is 60.7 Å². The lowest BCUT2D eigenvalue weighted by Gasteiger charge is -2.41. The summed E-state index contributed by atoms with van der Waals surface area (Å²) in [5.74, 6) is 0.895. The normalized spacial score (nSPS) is 19.4. The van der Waals surface area contributed by atoms with Gasteiger partial charge < -0.3 is 19.5 Å². The minimum atomic E-state index is -1.26. The van der Waals surface area contributed by atoms with Crippen LogP contribution in [0.4, 0.5) is 5.69 Å². The molecule has 0 saturated carbocycles. The number of piperidine rings is 1. The zero-order valence-corrected chi connectivity index (χ0v) is 22.3. The van der Waals surface area contributed by atoms with Crippen LogP contribution in [-0.2, 0) is 11.3 Å². The summed E-state index contributed by atoms with van der Waals surface area (Å²) in [6, 6.07) is 22.9. The third-order valence-electron chi connectivity index (χ3n) is 7.65. The Labute approximate surface area is 224 Å². The third kappa shape index (κ3) is 4.91. The van der Waals surface area contributed by atoms with Crippen LogP contribution in [0.25, 0.3) is 0 Å². The maximum absolute atomic E-state index is 14.1. The number of benzene rings is 3. The summed E-state index contributed by atoms with van der Waals surface area (Å²) >= 11 is 0. The number of hydrogen-bond acceptors (Lipinski definition) is 6. The van der Waals surface area contributed by atoms with Crippen molar-refractivity contribution in [2.24, 2.45) is 4.99 Å². The van der Waals surface area contributed by atoms with Crippen LogP contribution in [0, 0.1) is 0 Å². The van der Waals surface area contributed by atoms with Crippen LogP contribution in [0.5, 0.6) is 11.5 Å². The number of carbonyl (C=O) groups excluding carboxylic acids is 1. The fourth-order valence-electron chi connectivity index (χ4n) is 5.52. The van der Waals surface area contributed by atoms with Gasteiger partial charge in [0.2, 0.25) is 0 Å². The van der Waals surface area contributed by atoms with E-state index in [9.17, 15) is 9.90 Å². The Hall–Kier alpha value is -3.68. The lowest BCUT2D eigenvalue weighted by atomic mass is 9.83. The highest BCUT2D eigenvalue weighted by Gasteiger charge is 2.47. The molecule has 1 N–H and O–H groups in total. The number of likely N-dealkylation sites (N-methyl/N-ethyl adjacent to an activating group) is 1. The number of anilines is 1. The van der Waals surface area contributed by atoms with Crippen molar-refractivity contribution in [3.05, 3.63) is 89.5 Å². The Morgan fingerprint density at radius 3 is 2.16 bits per heavy atom. The summed E-state index contributed by atoms with van der Waals surface area (Å²) in [6.45, 7) is 4.57. The molecular formula is C31H35N3O4. The molecule has 0 bridgehead atoms. The largest absolute Gasteiger partial charge is 0.493 e. The number of aliphatic imine (C=N–C) groups is 1. The van der Waals surface area contributed by atoms with Gasteiger partial charge >= 0.3 is 0 Å². The monoisotopic (exact) mass is 513 g/mol. The van der Waals surface area contributed by atoms with Gasteiger partial charge in [0.15, 0.2) is 17.5 Å². The minimum absolute atomic E-state index is 0.203. The lowest BCUT2D eigenvalue weighted by molar-refractivity contribution is -0.128. The van der Waals surface area contributed by atoms with E-state index in [0.717, 1.165) is 17.7 Å². The molecule has 7 heteroatoms. The van der Waals surface area contributed by atoms with Crippen molar-refractivity contribution in [1.82, 2.24) is 4.90 Å². The Balaban J connectivity index is 1.55. The van der Waals surface area contributed by atoms with Crippen LogP contribution < -0.4 is 14.4 Å². The maximum atomic E-state index is 14.1. The van der Waals surface area contributed by atoms with E-state index in [0.29, 0.717) is 55.4 Å². The molecule has 3 aromatic rings. The Morgan fingerprint density at radius 1 is 0.947 bits per heavy atom. The summed E-state index contributed by atoms with van der Waals surface area (Å²) in [5.41, 5.74) is 3.00. The number of nitrogens with zero attached hydrogens (tertiary/aromatic N) is 3. The van der Waals surface area contributed by atoms with Gasteiger partial charge in [-0.3, -0.25) is 14.7 Å².